The van der Waals surface area contributed by atoms with Crippen LogP contribution in [0.4, 0.5) is 28.9 Å². The van der Waals surface area contributed by atoms with Crippen molar-refractivity contribution in [3.05, 3.63) is 70.9 Å². The third kappa shape index (κ3) is 5.15. The summed E-state index contributed by atoms with van der Waals surface area (Å²) in [5.41, 5.74) is 0.683. The second-order valence-corrected chi connectivity index (χ2v) is 11.3. The highest BCUT2D eigenvalue weighted by molar-refractivity contribution is 5.96. The summed E-state index contributed by atoms with van der Waals surface area (Å²) in [5.74, 6) is -1.31. The zero-order valence-corrected chi connectivity index (χ0v) is 22.4. The normalized spacial score (nSPS) is 15.2. The molecular formula is C28H28F4N8. The van der Waals surface area contributed by atoms with Crippen LogP contribution in [0.3, 0.4) is 0 Å². The van der Waals surface area contributed by atoms with E-state index in [0.717, 1.165) is 0 Å². The Labute approximate surface area is 228 Å². The molecule has 3 heterocycles. The third-order valence-corrected chi connectivity index (χ3v) is 6.99. The number of nitrogens with one attached hydrogen (secondary N) is 2. The van der Waals surface area contributed by atoms with Crippen molar-refractivity contribution >= 4 is 22.3 Å². The molecule has 40 heavy (non-hydrogen) atoms. The van der Waals surface area contributed by atoms with Gasteiger partial charge in [-0.15, -0.1) is 5.10 Å². The van der Waals surface area contributed by atoms with E-state index in [0.29, 0.717) is 34.6 Å². The number of hydrogen-bond acceptors (Lipinski definition) is 7. The van der Waals surface area contributed by atoms with Crippen molar-refractivity contribution in [2.75, 3.05) is 17.2 Å². The van der Waals surface area contributed by atoms with Crippen LogP contribution >= 0.6 is 0 Å². The Morgan fingerprint density at radius 2 is 1.93 bits per heavy atom. The molecule has 0 amide bonds. The van der Waals surface area contributed by atoms with Crippen molar-refractivity contribution < 1.29 is 17.6 Å². The van der Waals surface area contributed by atoms with Gasteiger partial charge in [-0.2, -0.15) is 9.65 Å². The Morgan fingerprint density at radius 1 is 1.18 bits per heavy atom. The van der Waals surface area contributed by atoms with E-state index in [1.54, 1.807) is 13.0 Å². The SMILES string of the molecule is Cc1nc(F)ccc1[C@H](Nc1cc(F)c2ncc(C#N)c(NCC(C)(C)C)c2c1)c1cn(C2(C(F)F)CC2)nn1. The number of aryl methyl sites for hydroxylation is 1. The van der Waals surface area contributed by atoms with Gasteiger partial charge < -0.3 is 10.6 Å². The monoisotopic (exact) mass is 552 g/mol. The van der Waals surface area contributed by atoms with Gasteiger partial charge in [0.1, 0.15) is 22.8 Å². The fourth-order valence-electron chi connectivity index (χ4n) is 4.60. The number of nitrogens with zero attached hydrogens (tertiary/aromatic N) is 6. The highest BCUT2D eigenvalue weighted by atomic mass is 19.3. The largest absolute Gasteiger partial charge is 0.383 e. The molecule has 5 rings (SSSR count). The second kappa shape index (κ2) is 10.0. The molecule has 0 spiro atoms. The van der Waals surface area contributed by atoms with Crippen LogP contribution in [0.15, 0.2) is 36.7 Å². The van der Waals surface area contributed by atoms with Crippen LogP contribution in [0.1, 0.15) is 62.2 Å². The first-order valence-corrected chi connectivity index (χ1v) is 12.8. The van der Waals surface area contributed by atoms with E-state index >= 15 is 4.39 Å². The molecule has 1 aromatic carbocycles. The number of rotatable bonds is 8. The van der Waals surface area contributed by atoms with Crippen molar-refractivity contribution in [2.24, 2.45) is 5.41 Å². The molecule has 1 saturated carbocycles. The van der Waals surface area contributed by atoms with Crippen LogP contribution < -0.4 is 10.6 Å². The van der Waals surface area contributed by atoms with Gasteiger partial charge in [0, 0.05) is 35.1 Å². The molecule has 1 aliphatic rings. The lowest BCUT2D eigenvalue weighted by molar-refractivity contribution is 0.0593. The minimum Gasteiger partial charge on any atom is -0.383 e. The number of fused-ring (bicyclic) bond motifs is 1. The molecule has 4 aromatic rings. The van der Waals surface area contributed by atoms with Crippen LogP contribution in [0.2, 0.25) is 0 Å². The smallest absolute Gasteiger partial charge is 0.263 e. The molecule has 1 atom stereocenters. The van der Waals surface area contributed by atoms with E-state index < -0.39 is 29.8 Å². The summed E-state index contributed by atoms with van der Waals surface area (Å²) in [6.45, 7) is 8.20. The van der Waals surface area contributed by atoms with Gasteiger partial charge in [-0.3, -0.25) is 4.98 Å². The molecule has 2 N–H and O–H groups in total. The van der Waals surface area contributed by atoms with E-state index in [1.807, 2.05) is 20.8 Å². The number of alkyl halides is 2. The molecule has 0 aliphatic heterocycles. The molecule has 0 bridgehead atoms. The third-order valence-electron chi connectivity index (χ3n) is 6.99. The van der Waals surface area contributed by atoms with Gasteiger partial charge in [0.15, 0.2) is 5.82 Å². The first kappa shape index (κ1) is 27.3. The molecule has 208 valence electrons. The van der Waals surface area contributed by atoms with Crippen LogP contribution in [0, 0.1) is 35.4 Å². The van der Waals surface area contributed by atoms with Crippen LogP contribution in [0.25, 0.3) is 10.9 Å². The summed E-state index contributed by atoms with van der Waals surface area (Å²) in [5, 5.41) is 24.7. The predicted octanol–water partition coefficient (Wildman–Crippen LogP) is 6.09. The molecular weight excluding hydrogens is 524 g/mol. The Morgan fingerprint density at radius 3 is 2.55 bits per heavy atom. The molecule has 3 aromatic heterocycles. The highest BCUT2D eigenvalue weighted by Crippen LogP contribution is 2.48. The summed E-state index contributed by atoms with van der Waals surface area (Å²) in [6, 6.07) is 6.88. The van der Waals surface area contributed by atoms with Crippen LogP contribution in [-0.4, -0.2) is 37.9 Å². The zero-order chi connectivity index (χ0) is 28.8. The highest BCUT2D eigenvalue weighted by Gasteiger charge is 2.54. The number of anilines is 2. The van der Waals surface area contributed by atoms with Crippen LogP contribution in [-0.2, 0) is 5.54 Å². The maximum absolute atomic E-state index is 15.4. The molecule has 0 radical (unpaired) electrons. The van der Waals surface area contributed by atoms with Crippen molar-refractivity contribution in [3.8, 4) is 6.07 Å². The number of halogens is 4. The standard InChI is InChI=1S/C28H28F4N8/c1-15-18(5-6-22(30)36-15)25(21-13-40(39-38-21)28(7-8-28)26(31)32)37-17-9-19-23(35-14-27(2,3)4)16(11-33)12-34-24(19)20(29)10-17/h5-6,9-10,12-13,25-26,37H,7-8,14H2,1-4H3,(H,34,35)/t25-/m0/s1. The van der Waals surface area contributed by atoms with E-state index in [9.17, 15) is 18.4 Å². The number of pyridine rings is 2. The van der Waals surface area contributed by atoms with Gasteiger partial charge in [0.2, 0.25) is 5.95 Å². The topological polar surface area (TPSA) is 104 Å². The van der Waals surface area contributed by atoms with Gasteiger partial charge in [-0.25, -0.2) is 22.8 Å². The average molecular weight is 553 g/mol. The minimum absolute atomic E-state index is 0.0793. The van der Waals surface area contributed by atoms with Gasteiger partial charge in [0.05, 0.1) is 23.5 Å². The number of benzene rings is 1. The van der Waals surface area contributed by atoms with E-state index in [4.69, 9.17) is 0 Å². The van der Waals surface area contributed by atoms with Crippen molar-refractivity contribution in [3.63, 3.8) is 0 Å². The number of aromatic nitrogens is 5. The maximum Gasteiger partial charge on any atom is 0.263 e. The summed E-state index contributed by atoms with van der Waals surface area (Å²) in [6.07, 6.45) is 0.699. The van der Waals surface area contributed by atoms with Gasteiger partial charge >= 0.3 is 0 Å². The maximum atomic E-state index is 15.4. The Balaban J connectivity index is 1.60. The number of nitriles is 1. The predicted molar refractivity (Wildman–Crippen MR) is 142 cm³/mol. The summed E-state index contributed by atoms with van der Waals surface area (Å²) >= 11 is 0. The molecule has 12 heteroatoms. The van der Waals surface area contributed by atoms with Crippen molar-refractivity contribution in [2.45, 2.75) is 58.5 Å². The number of hydrogen-bond donors (Lipinski definition) is 2. The summed E-state index contributed by atoms with van der Waals surface area (Å²) < 4.78 is 57.9. The van der Waals surface area contributed by atoms with Crippen molar-refractivity contribution in [1.82, 2.24) is 25.0 Å². The fourth-order valence-corrected chi connectivity index (χ4v) is 4.60. The summed E-state index contributed by atoms with van der Waals surface area (Å²) in [4.78, 5) is 8.05. The van der Waals surface area contributed by atoms with Gasteiger partial charge in [-0.1, -0.05) is 32.1 Å². The molecule has 8 nitrogen and oxygen atoms in total. The van der Waals surface area contributed by atoms with Gasteiger partial charge in [0.25, 0.3) is 6.43 Å². The van der Waals surface area contributed by atoms with E-state index in [2.05, 4.69) is 37.0 Å². The average Bonchev–Trinajstić information content (AvgIpc) is 3.56. The second-order valence-electron chi connectivity index (χ2n) is 11.3. The lowest BCUT2D eigenvalue weighted by Crippen LogP contribution is -2.26. The quantitative estimate of drug-likeness (QED) is 0.201. The molecule has 0 saturated heterocycles. The first-order valence-electron chi connectivity index (χ1n) is 12.8. The van der Waals surface area contributed by atoms with Crippen molar-refractivity contribution in [1.29, 1.82) is 5.26 Å². The fraction of sp³-hybridized carbons (Fsp3) is 0.393. The van der Waals surface area contributed by atoms with Crippen LogP contribution in [0.5, 0.6) is 0 Å². The molecule has 1 aliphatic carbocycles. The van der Waals surface area contributed by atoms with Gasteiger partial charge in [-0.05, 0) is 43.4 Å². The Kier molecular flexibility index (Phi) is 6.85. The molecule has 1 fully saturated rings. The van der Waals surface area contributed by atoms with E-state index in [1.165, 1.54) is 35.3 Å². The Bertz CT molecular complexity index is 1620. The lowest BCUT2D eigenvalue weighted by atomic mass is 9.96. The summed E-state index contributed by atoms with van der Waals surface area (Å²) in [7, 11) is 0. The minimum atomic E-state index is -2.61. The zero-order valence-electron chi connectivity index (χ0n) is 22.4. The molecule has 0 unspecified atom stereocenters. The lowest BCUT2D eigenvalue weighted by Gasteiger charge is -2.22. The Hall–Kier alpha value is -4.27. The first-order chi connectivity index (χ1) is 18.9. The van der Waals surface area contributed by atoms with E-state index in [-0.39, 0.29) is 35.0 Å².